The molecule has 2 aliphatic heterocycles. The first-order valence-electron chi connectivity index (χ1n) is 10.2. The standard InChI is InChI=1S/C21H33N3O/c1-25-21-9-5-4-8-20(21)24-16-14-23(15-17-24)19-10-12-22(13-11-19)18-6-2-3-7-18/h4-5,8-9,18-19H,2-3,6-7,10-17H2,1H3. The second-order valence-electron chi connectivity index (χ2n) is 7.90. The number of hydrogen-bond acceptors (Lipinski definition) is 4. The van der Waals surface area contributed by atoms with Crippen LogP contribution in [-0.2, 0) is 0 Å². The third-order valence-electron chi connectivity index (χ3n) is 6.60. The number of para-hydroxylation sites is 2. The van der Waals surface area contributed by atoms with E-state index in [9.17, 15) is 0 Å². The van der Waals surface area contributed by atoms with Crippen LogP contribution in [-0.4, -0.2) is 68.3 Å². The maximum atomic E-state index is 5.54. The molecule has 0 radical (unpaired) electrons. The zero-order chi connectivity index (χ0) is 17.1. The van der Waals surface area contributed by atoms with Crippen LogP contribution in [0.3, 0.4) is 0 Å². The summed E-state index contributed by atoms with van der Waals surface area (Å²) in [5.41, 5.74) is 1.25. The lowest BCUT2D eigenvalue weighted by molar-refractivity contribution is 0.0811. The SMILES string of the molecule is COc1ccccc1N1CCN(C2CCN(C3CCCC3)CC2)CC1. The monoisotopic (exact) mass is 343 g/mol. The predicted molar refractivity (Wildman–Crippen MR) is 104 cm³/mol. The Morgan fingerprint density at radius 3 is 2.04 bits per heavy atom. The number of anilines is 1. The smallest absolute Gasteiger partial charge is 0.142 e. The van der Waals surface area contributed by atoms with Crippen LogP contribution in [0.4, 0.5) is 5.69 Å². The Bertz CT molecular complexity index is 542. The van der Waals surface area contributed by atoms with Crippen molar-refractivity contribution in [3.05, 3.63) is 24.3 Å². The van der Waals surface area contributed by atoms with Crippen LogP contribution in [0.15, 0.2) is 24.3 Å². The lowest BCUT2D eigenvalue weighted by atomic mass is 10.00. The molecule has 3 aliphatic rings. The molecule has 4 nitrogen and oxygen atoms in total. The van der Waals surface area contributed by atoms with Gasteiger partial charge in [0.25, 0.3) is 0 Å². The van der Waals surface area contributed by atoms with Crippen molar-refractivity contribution in [1.82, 2.24) is 9.80 Å². The maximum absolute atomic E-state index is 5.54. The van der Waals surface area contributed by atoms with E-state index in [-0.39, 0.29) is 0 Å². The number of likely N-dealkylation sites (tertiary alicyclic amines) is 1. The van der Waals surface area contributed by atoms with Crippen LogP contribution in [0.25, 0.3) is 0 Å². The molecule has 1 aromatic rings. The van der Waals surface area contributed by atoms with E-state index < -0.39 is 0 Å². The minimum absolute atomic E-state index is 0.803. The number of hydrogen-bond donors (Lipinski definition) is 0. The summed E-state index contributed by atoms with van der Waals surface area (Å²) in [6, 6.07) is 10.1. The van der Waals surface area contributed by atoms with E-state index in [1.54, 1.807) is 7.11 Å². The van der Waals surface area contributed by atoms with E-state index in [0.29, 0.717) is 0 Å². The first kappa shape index (κ1) is 17.2. The lowest BCUT2D eigenvalue weighted by Crippen LogP contribution is -2.54. The highest BCUT2D eigenvalue weighted by Crippen LogP contribution is 2.30. The summed E-state index contributed by atoms with van der Waals surface area (Å²) >= 11 is 0. The van der Waals surface area contributed by atoms with Crippen LogP contribution < -0.4 is 9.64 Å². The van der Waals surface area contributed by atoms with E-state index in [4.69, 9.17) is 4.74 Å². The molecule has 25 heavy (non-hydrogen) atoms. The molecule has 1 aromatic carbocycles. The van der Waals surface area contributed by atoms with Crippen molar-refractivity contribution in [1.29, 1.82) is 0 Å². The van der Waals surface area contributed by atoms with Gasteiger partial charge < -0.3 is 14.5 Å². The van der Waals surface area contributed by atoms with Gasteiger partial charge in [-0.25, -0.2) is 0 Å². The number of methoxy groups -OCH3 is 1. The van der Waals surface area contributed by atoms with Gasteiger partial charge in [0.2, 0.25) is 0 Å². The van der Waals surface area contributed by atoms with Gasteiger partial charge in [0, 0.05) is 38.3 Å². The van der Waals surface area contributed by atoms with Crippen LogP contribution in [0.1, 0.15) is 38.5 Å². The van der Waals surface area contributed by atoms with Gasteiger partial charge in [0.15, 0.2) is 0 Å². The molecule has 0 N–H and O–H groups in total. The molecule has 0 spiro atoms. The molecule has 1 aliphatic carbocycles. The van der Waals surface area contributed by atoms with Gasteiger partial charge in [-0.1, -0.05) is 25.0 Å². The lowest BCUT2D eigenvalue weighted by Gasteiger charge is -2.44. The summed E-state index contributed by atoms with van der Waals surface area (Å²) in [5, 5.41) is 0. The predicted octanol–water partition coefficient (Wildman–Crippen LogP) is 3.22. The van der Waals surface area contributed by atoms with Crippen LogP contribution in [0.2, 0.25) is 0 Å². The summed E-state index contributed by atoms with van der Waals surface area (Å²) in [4.78, 5) is 8.02. The molecule has 4 rings (SSSR count). The molecule has 0 atom stereocenters. The molecular weight excluding hydrogens is 310 g/mol. The second-order valence-corrected chi connectivity index (χ2v) is 7.90. The molecule has 0 aromatic heterocycles. The molecule has 0 bridgehead atoms. The van der Waals surface area contributed by atoms with Gasteiger partial charge in [-0.15, -0.1) is 0 Å². The largest absolute Gasteiger partial charge is 0.495 e. The molecular formula is C21H33N3O. The molecule has 0 amide bonds. The summed E-state index contributed by atoms with van der Waals surface area (Å²) in [6.45, 7) is 7.24. The molecule has 1 saturated carbocycles. The van der Waals surface area contributed by atoms with Crippen molar-refractivity contribution < 1.29 is 4.74 Å². The quantitative estimate of drug-likeness (QED) is 0.835. The Morgan fingerprint density at radius 1 is 0.760 bits per heavy atom. The van der Waals surface area contributed by atoms with Crippen molar-refractivity contribution in [2.45, 2.75) is 50.6 Å². The maximum Gasteiger partial charge on any atom is 0.142 e. The van der Waals surface area contributed by atoms with E-state index in [1.807, 2.05) is 0 Å². The van der Waals surface area contributed by atoms with Crippen molar-refractivity contribution in [3.8, 4) is 5.75 Å². The summed E-state index contributed by atoms with van der Waals surface area (Å²) in [7, 11) is 1.77. The Morgan fingerprint density at radius 2 is 1.36 bits per heavy atom. The second kappa shape index (κ2) is 7.96. The van der Waals surface area contributed by atoms with Crippen molar-refractivity contribution in [3.63, 3.8) is 0 Å². The Labute approximate surface area is 152 Å². The summed E-state index contributed by atoms with van der Waals surface area (Å²) in [5.74, 6) is 1.00. The number of piperidine rings is 1. The fraction of sp³-hybridized carbons (Fsp3) is 0.714. The van der Waals surface area contributed by atoms with Crippen LogP contribution in [0.5, 0.6) is 5.75 Å². The van der Waals surface area contributed by atoms with Crippen molar-refractivity contribution in [2.24, 2.45) is 0 Å². The highest BCUT2D eigenvalue weighted by Gasteiger charge is 2.31. The third-order valence-corrected chi connectivity index (χ3v) is 6.60. The fourth-order valence-corrected chi connectivity index (χ4v) is 5.10. The van der Waals surface area contributed by atoms with E-state index >= 15 is 0 Å². The molecule has 0 unspecified atom stereocenters. The van der Waals surface area contributed by atoms with Crippen LogP contribution in [0, 0.1) is 0 Å². The molecule has 4 heteroatoms. The zero-order valence-corrected chi connectivity index (χ0v) is 15.7. The Hall–Kier alpha value is -1.26. The molecule has 138 valence electrons. The third kappa shape index (κ3) is 3.80. The highest BCUT2D eigenvalue weighted by molar-refractivity contribution is 5.58. The fourth-order valence-electron chi connectivity index (χ4n) is 5.10. The van der Waals surface area contributed by atoms with Crippen LogP contribution >= 0.6 is 0 Å². The molecule has 2 heterocycles. The number of ether oxygens (including phenoxy) is 1. The molecule has 3 fully saturated rings. The van der Waals surface area contributed by atoms with Gasteiger partial charge in [0.05, 0.1) is 12.8 Å². The average Bonchev–Trinajstić information content (AvgIpc) is 3.23. The first-order valence-corrected chi connectivity index (χ1v) is 10.2. The number of piperazine rings is 1. The van der Waals surface area contributed by atoms with Gasteiger partial charge in [-0.05, 0) is 50.9 Å². The summed E-state index contributed by atoms with van der Waals surface area (Å²) in [6.07, 6.45) is 8.53. The topological polar surface area (TPSA) is 19.0 Å². The number of benzene rings is 1. The van der Waals surface area contributed by atoms with E-state index in [2.05, 4.69) is 39.0 Å². The van der Waals surface area contributed by atoms with E-state index in [1.165, 1.54) is 70.4 Å². The zero-order valence-electron chi connectivity index (χ0n) is 15.7. The Balaban J connectivity index is 1.28. The average molecular weight is 344 g/mol. The highest BCUT2D eigenvalue weighted by atomic mass is 16.5. The number of nitrogens with zero attached hydrogens (tertiary/aromatic N) is 3. The minimum atomic E-state index is 0.803. The molecule has 2 saturated heterocycles. The van der Waals surface area contributed by atoms with Gasteiger partial charge in [-0.3, -0.25) is 4.90 Å². The van der Waals surface area contributed by atoms with Gasteiger partial charge in [0.1, 0.15) is 5.75 Å². The number of rotatable bonds is 4. The van der Waals surface area contributed by atoms with Gasteiger partial charge in [-0.2, -0.15) is 0 Å². The first-order chi connectivity index (χ1) is 12.3. The summed E-state index contributed by atoms with van der Waals surface area (Å²) < 4.78 is 5.54. The van der Waals surface area contributed by atoms with Crippen molar-refractivity contribution >= 4 is 5.69 Å². The van der Waals surface area contributed by atoms with Gasteiger partial charge >= 0.3 is 0 Å². The Kier molecular flexibility index (Phi) is 5.47. The van der Waals surface area contributed by atoms with E-state index in [0.717, 1.165) is 30.9 Å². The normalized spacial score (nSPS) is 24.8. The van der Waals surface area contributed by atoms with Crippen molar-refractivity contribution in [2.75, 3.05) is 51.3 Å². The minimum Gasteiger partial charge on any atom is -0.495 e.